The van der Waals surface area contributed by atoms with Crippen LogP contribution < -0.4 is 0 Å². The van der Waals surface area contributed by atoms with Crippen molar-refractivity contribution in [3.05, 3.63) is 0 Å². The molecule has 0 aliphatic carbocycles. The number of ether oxygens (including phenoxy) is 2. The van der Waals surface area contributed by atoms with Gasteiger partial charge in [0.2, 0.25) is 0 Å². The second-order valence-corrected chi connectivity index (χ2v) is 6.57. The van der Waals surface area contributed by atoms with E-state index in [-0.39, 0.29) is 11.8 Å². The topological polar surface area (TPSA) is 76.1 Å². The molecular weight excluding hydrogens is 270 g/mol. The summed E-state index contributed by atoms with van der Waals surface area (Å²) in [4.78, 5) is 24.5. The van der Waals surface area contributed by atoms with Crippen molar-refractivity contribution in [2.75, 3.05) is 20.2 Å². The molecule has 0 aromatic carbocycles. The molecule has 1 rings (SSSR count). The van der Waals surface area contributed by atoms with Gasteiger partial charge >= 0.3 is 11.4 Å². The molecule has 110 valence electrons. The molecule has 1 aliphatic heterocycles. The lowest BCUT2D eigenvalue weighted by Gasteiger charge is -2.35. The highest BCUT2D eigenvalue weighted by Crippen LogP contribution is 2.26. The predicted octanol–water partition coefficient (Wildman–Crippen LogP) is 1.86. The molecule has 0 saturated carbocycles. The van der Waals surface area contributed by atoms with Crippen molar-refractivity contribution >= 4 is 23.2 Å². The van der Waals surface area contributed by atoms with Crippen molar-refractivity contribution in [1.29, 1.82) is 0 Å². The highest BCUT2D eigenvalue weighted by molar-refractivity contribution is 8.13. The molecule has 2 atom stereocenters. The van der Waals surface area contributed by atoms with Crippen LogP contribution in [0.25, 0.3) is 0 Å². The van der Waals surface area contributed by atoms with Crippen LogP contribution in [0.15, 0.2) is 0 Å². The summed E-state index contributed by atoms with van der Waals surface area (Å²) in [6.45, 7) is 6.01. The first kappa shape index (κ1) is 16.1. The van der Waals surface area contributed by atoms with Gasteiger partial charge in [-0.1, -0.05) is 0 Å². The summed E-state index contributed by atoms with van der Waals surface area (Å²) in [6.07, 6.45) is -0.668. The summed E-state index contributed by atoms with van der Waals surface area (Å²) in [6, 6.07) is 0. The predicted molar refractivity (Wildman–Crippen MR) is 72.2 cm³/mol. The average Bonchev–Trinajstić information content (AvgIpc) is 2.29. The van der Waals surface area contributed by atoms with Gasteiger partial charge in [0.1, 0.15) is 5.60 Å². The molecule has 0 bridgehead atoms. The monoisotopic (exact) mass is 291 g/mol. The van der Waals surface area contributed by atoms with Crippen LogP contribution in [0.4, 0.5) is 9.59 Å². The van der Waals surface area contributed by atoms with E-state index in [4.69, 9.17) is 4.74 Å². The number of carbonyl (C=O) groups is 2. The van der Waals surface area contributed by atoms with Gasteiger partial charge in [0.05, 0.1) is 19.8 Å². The molecule has 0 radical (unpaired) electrons. The minimum Gasteiger partial charge on any atom is -0.461 e. The lowest BCUT2D eigenvalue weighted by molar-refractivity contribution is 0.00540. The third-order valence-corrected chi connectivity index (χ3v) is 3.80. The van der Waals surface area contributed by atoms with Crippen LogP contribution in [0.2, 0.25) is 0 Å². The number of likely N-dealkylation sites (tertiary alicyclic amines) is 1. The summed E-state index contributed by atoms with van der Waals surface area (Å²) >= 11 is 0.966. The number of nitrogens with zero attached hydrogens (tertiary/aromatic N) is 1. The summed E-state index contributed by atoms with van der Waals surface area (Å²) in [7, 11) is 1.30. The van der Waals surface area contributed by atoms with Gasteiger partial charge in [0.25, 0.3) is 0 Å². The van der Waals surface area contributed by atoms with E-state index in [0.29, 0.717) is 13.0 Å². The van der Waals surface area contributed by atoms with Crippen LogP contribution in [0, 0.1) is 0 Å². The Kier molecular flexibility index (Phi) is 5.49. The van der Waals surface area contributed by atoms with Gasteiger partial charge in [-0.2, -0.15) is 0 Å². The molecule has 19 heavy (non-hydrogen) atoms. The summed E-state index contributed by atoms with van der Waals surface area (Å²) in [5.41, 5.74) is -0.556. The standard InChI is InChI=1S/C12H21NO5S/c1-12(2,3)18-10(15)13-6-5-9(8(14)7-13)19-11(16)17-4/h8-9,14H,5-7H2,1-4H3. The molecule has 6 nitrogen and oxygen atoms in total. The Hall–Kier alpha value is -0.950. The number of rotatable bonds is 1. The largest absolute Gasteiger partial charge is 0.461 e. The fraction of sp³-hybridized carbons (Fsp3) is 0.833. The first-order chi connectivity index (χ1) is 8.73. The Balaban J connectivity index is 2.49. The van der Waals surface area contributed by atoms with E-state index in [1.165, 1.54) is 12.0 Å². The van der Waals surface area contributed by atoms with E-state index < -0.39 is 23.1 Å². The number of amides is 1. The maximum atomic E-state index is 11.8. The quantitative estimate of drug-likeness (QED) is 0.743. The first-order valence-electron chi connectivity index (χ1n) is 6.13. The molecule has 1 aliphatic rings. The van der Waals surface area contributed by atoms with Crippen molar-refractivity contribution in [3.8, 4) is 0 Å². The lowest BCUT2D eigenvalue weighted by Crippen LogP contribution is -2.49. The van der Waals surface area contributed by atoms with E-state index in [1.54, 1.807) is 20.8 Å². The number of carbonyl (C=O) groups excluding carboxylic acids is 2. The number of aliphatic hydroxyl groups is 1. The molecule has 1 fully saturated rings. The Bertz CT molecular complexity index is 342. The van der Waals surface area contributed by atoms with Gasteiger partial charge in [-0.25, -0.2) is 9.59 Å². The molecule has 7 heteroatoms. The van der Waals surface area contributed by atoms with Crippen LogP contribution in [0.3, 0.4) is 0 Å². The average molecular weight is 291 g/mol. The first-order valence-corrected chi connectivity index (χ1v) is 7.01. The Labute approximate surface area is 117 Å². The zero-order valence-electron chi connectivity index (χ0n) is 11.7. The van der Waals surface area contributed by atoms with Gasteiger partial charge in [-0.3, -0.25) is 0 Å². The maximum absolute atomic E-state index is 11.8. The van der Waals surface area contributed by atoms with Crippen molar-refractivity contribution < 1.29 is 24.2 Å². The van der Waals surface area contributed by atoms with Crippen LogP contribution >= 0.6 is 11.8 Å². The van der Waals surface area contributed by atoms with Gasteiger partial charge in [0.15, 0.2) is 0 Å². The number of β-amino-alcohol motifs (C(OH)–C–C–N with tert-alkyl or cyclic N) is 1. The SMILES string of the molecule is COC(=O)SC1CCN(C(=O)OC(C)(C)C)CC1O. The van der Waals surface area contributed by atoms with Crippen molar-refractivity contribution in [2.45, 2.75) is 44.1 Å². The zero-order chi connectivity index (χ0) is 14.6. The minimum atomic E-state index is -0.759. The van der Waals surface area contributed by atoms with Crippen molar-refractivity contribution in [1.82, 2.24) is 4.90 Å². The number of thioether (sulfide) groups is 1. The number of hydrogen-bond donors (Lipinski definition) is 1. The van der Waals surface area contributed by atoms with Crippen LogP contribution in [0.1, 0.15) is 27.2 Å². The highest BCUT2D eigenvalue weighted by atomic mass is 32.2. The molecule has 0 aromatic rings. The smallest absolute Gasteiger partial charge is 0.410 e. The number of aliphatic hydroxyl groups excluding tert-OH is 1. The van der Waals surface area contributed by atoms with E-state index in [9.17, 15) is 14.7 Å². The Morgan fingerprint density at radius 2 is 2.00 bits per heavy atom. The van der Waals surface area contributed by atoms with Gasteiger partial charge in [-0.15, -0.1) is 0 Å². The van der Waals surface area contributed by atoms with Gasteiger partial charge in [0, 0.05) is 11.8 Å². The molecule has 1 saturated heterocycles. The fourth-order valence-electron chi connectivity index (χ4n) is 1.71. The maximum Gasteiger partial charge on any atom is 0.410 e. The van der Waals surface area contributed by atoms with Crippen LogP contribution in [-0.4, -0.2) is 58.6 Å². The van der Waals surface area contributed by atoms with E-state index >= 15 is 0 Å². The molecule has 1 heterocycles. The second kappa shape index (κ2) is 6.47. The lowest BCUT2D eigenvalue weighted by atomic mass is 10.1. The van der Waals surface area contributed by atoms with Crippen LogP contribution in [-0.2, 0) is 9.47 Å². The van der Waals surface area contributed by atoms with Gasteiger partial charge in [-0.05, 0) is 39.0 Å². The number of hydrogen-bond acceptors (Lipinski definition) is 6. The molecule has 0 spiro atoms. The fourth-order valence-corrected chi connectivity index (χ4v) is 2.52. The molecule has 1 N–H and O–H groups in total. The van der Waals surface area contributed by atoms with Crippen molar-refractivity contribution in [3.63, 3.8) is 0 Å². The number of methoxy groups -OCH3 is 1. The van der Waals surface area contributed by atoms with Crippen molar-refractivity contribution in [2.24, 2.45) is 0 Å². The zero-order valence-corrected chi connectivity index (χ0v) is 12.5. The van der Waals surface area contributed by atoms with E-state index in [1.807, 2.05) is 0 Å². The third-order valence-electron chi connectivity index (χ3n) is 2.59. The van der Waals surface area contributed by atoms with E-state index in [2.05, 4.69) is 4.74 Å². The summed E-state index contributed by atoms with van der Waals surface area (Å²) in [5, 5.41) is 9.29. The third kappa shape index (κ3) is 5.28. The molecule has 2 unspecified atom stereocenters. The van der Waals surface area contributed by atoms with Crippen LogP contribution in [0.5, 0.6) is 0 Å². The molecule has 1 amide bonds. The Morgan fingerprint density at radius 1 is 1.37 bits per heavy atom. The molecule has 0 aromatic heterocycles. The Morgan fingerprint density at radius 3 is 2.47 bits per heavy atom. The second-order valence-electron chi connectivity index (χ2n) is 5.39. The number of piperidine rings is 1. The highest BCUT2D eigenvalue weighted by Gasteiger charge is 2.34. The normalized spacial score (nSPS) is 23.9. The molecular formula is C12H21NO5S. The van der Waals surface area contributed by atoms with Gasteiger partial charge < -0.3 is 19.5 Å². The minimum absolute atomic E-state index is 0.170. The van der Waals surface area contributed by atoms with E-state index in [0.717, 1.165) is 11.8 Å². The summed E-state index contributed by atoms with van der Waals surface area (Å²) < 4.78 is 9.79. The summed E-state index contributed by atoms with van der Waals surface area (Å²) in [5.74, 6) is 0.